The van der Waals surface area contributed by atoms with Crippen molar-refractivity contribution < 1.29 is 23.8 Å². The molecule has 1 rings (SSSR count). The second kappa shape index (κ2) is 6.63. The zero-order valence-corrected chi connectivity index (χ0v) is 11.4. The van der Waals surface area contributed by atoms with E-state index in [0.717, 1.165) is 0 Å². The Morgan fingerprint density at radius 3 is 2.37 bits per heavy atom. The van der Waals surface area contributed by atoms with E-state index in [2.05, 4.69) is 4.74 Å². The van der Waals surface area contributed by atoms with E-state index in [0.29, 0.717) is 17.1 Å². The second-order valence-electron chi connectivity index (χ2n) is 3.93. The van der Waals surface area contributed by atoms with Crippen LogP contribution in [-0.4, -0.2) is 51.7 Å². The molecule has 0 aliphatic heterocycles. The molecule has 0 saturated heterocycles. The number of ether oxygens (including phenoxy) is 3. The lowest BCUT2D eigenvalue weighted by molar-refractivity contribution is -0.142. The Kier molecular flexibility index (Phi) is 5.17. The standard InChI is InChI=1S/C13H17NO5/c1-14(2)13(16)9-5-6-10(11(7-9)17-3)19-8-12(15)18-4/h5-7H,8H2,1-4H3. The van der Waals surface area contributed by atoms with Crippen LogP contribution >= 0.6 is 0 Å². The molecule has 19 heavy (non-hydrogen) atoms. The zero-order chi connectivity index (χ0) is 14.4. The second-order valence-corrected chi connectivity index (χ2v) is 3.93. The lowest BCUT2D eigenvalue weighted by Crippen LogP contribution is -2.21. The van der Waals surface area contributed by atoms with E-state index in [4.69, 9.17) is 9.47 Å². The fourth-order valence-corrected chi connectivity index (χ4v) is 1.37. The Labute approximate surface area is 111 Å². The molecule has 1 aromatic carbocycles. The van der Waals surface area contributed by atoms with Crippen molar-refractivity contribution in [2.24, 2.45) is 0 Å². The van der Waals surface area contributed by atoms with E-state index in [1.54, 1.807) is 32.3 Å². The fraction of sp³-hybridized carbons (Fsp3) is 0.385. The third-order valence-electron chi connectivity index (χ3n) is 2.39. The molecule has 6 nitrogen and oxygen atoms in total. The van der Waals surface area contributed by atoms with Gasteiger partial charge in [0.15, 0.2) is 18.1 Å². The monoisotopic (exact) mass is 267 g/mol. The lowest BCUT2D eigenvalue weighted by Gasteiger charge is -2.13. The van der Waals surface area contributed by atoms with Crippen molar-refractivity contribution in [3.05, 3.63) is 23.8 Å². The maximum absolute atomic E-state index is 11.8. The third kappa shape index (κ3) is 3.87. The fourth-order valence-electron chi connectivity index (χ4n) is 1.37. The Morgan fingerprint density at radius 1 is 1.16 bits per heavy atom. The first-order valence-corrected chi connectivity index (χ1v) is 5.59. The van der Waals surface area contributed by atoms with Gasteiger partial charge in [0, 0.05) is 19.7 Å². The molecule has 0 radical (unpaired) electrons. The highest BCUT2D eigenvalue weighted by molar-refractivity contribution is 5.94. The maximum atomic E-state index is 11.8. The average molecular weight is 267 g/mol. The normalized spacial score (nSPS) is 9.68. The van der Waals surface area contributed by atoms with Crippen LogP contribution in [0.3, 0.4) is 0 Å². The smallest absolute Gasteiger partial charge is 0.343 e. The lowest BCUT2D eigenvalue weighted by atomic mass is 10.2. The van der Waals surface area contributed by atoms with Crippen LogP contribution in [0.25, 0.3) is 0 Å². The van der Waals surface area contributed by atoms with Crippen LogP contribution in [0.4, 0.5) is 0 Å². The first-order chi connectivity index (χ1) is 8.99. The summed E-state index contributed by atoms with van der Waals surface area (Å²) in [6.07, 6.45) is 0. The summed E-state index contributed by atoms with van der Waals surface area (Å²) in [5.74, 6) is 0.133. The van der Waals surface area contributed by atoms with Crippen molar-refractivity contribution >= 4 is 11.9 Å². The van der Waals surface area contributed by atoms with Gasteiger partial charge in [0.25, 0.3) is 5.91 Å². The molecular weight excluding hydrogens is 250 g/mol. The quantitative estimate of drug-likeness (QED) is 0.743. The van der Waals surface area contributed by atoms with Gasteiger partial charge in [0.05, 0.1) is 14.2 Å². The van der Waals surface area contributed by atoms with Crippen molar-refractivity contribution in [1.82, 2.24) is 4.90 Å². The minimum Gasteiger partial charge on any atom is -0.493 e. The summed E-state index contributed by atoms with van der Waals surface area (Å²) in [5, 5.41) is 0. The summed E-state index contributed by atoms with van der Waals surface area (Å²) >= 11 is 0. The van der Waals surface area contributed by atoms with Gasteiger partial charge in [-0.05, 0) is 18.2 Å². The van der Waals surface area contributed by atoms with E-state index >= 15 is 0 Å². The van der Waals surface area contributed by atoms with E-state index in [9.17, 15) is 9.59 Å². The molecule has 0 spiro atoms. The maximum Gasteiger partial charge on any atom is 0.343 e. The van der Waals surface area contributed by atoms with Gasteiger partial charge in [0.2, 0.25) is 0 Å². The number of carbonyl (C=O) groups is 2. The SMILES string of the molecule is COC(=O)COc1ccc(C(=O)N(C)C)cc1OC. The number of methoxy groups -OCH3 is 2. The van der Waals surface area contributed by atoms with Crippen molar-refractivity contribution in [2.75, 3.05) is 34.9 Å². The van der Waals surface area contributed by atoms with E-state index in [-0.39, 0.29) is 12.5 Å². The Hall–Kier alpha value is -2.24. The van der Waals surface area contributed by atoms with Gasteiger partial charge in [-0.25, -0.2) is 4.79 Å². The highest BCUT2D eigenvalue weighted by Crippen LogP contribution is 2.28. The molecule has 1 amide bonds. The van der Waals surface area contributed by atoms with Crippen molar-refractivity contribution in [2.45, 2.75) is 0 Å². The average Bonchev–Trinajstić information content (AvgIpc) is 2.43. The molecular formula is C13H17NO5. The van der Waals surface area contributed by atoms with Crippen LogP contribution < -0.4 is 9.47 Å². The summed E-state index contributed by atoms with van der Waals surface area (Å²) in [4.78, 5) is 24.3. The van der Waals surface area contributed by atoms with Gasteiger partial charge in [0.1, 0.15) is 0 Å². The van der Waals surface area contributed by atoms with Gasteiger partial charge in [-0.2, -0.15) is 0 Å². The first-order valence-electron chi connectivity index (χ1n) is 5.59. The minimum absolute atomic E-state index is 0.141. The predicted molar refractivity (Wildman–Crippen MR) is 68.5 cm³/mol. The predicted octanol–water partition coefficient (Wildman–Crippen LogP) is 0.949. The van der Waals surface area contributed by atoms with Crippen LogP contribution in [0.2, 0.25) is 0 Å². The molecule has 0 bridgehead atoms. The van der Waals surface area contributed by atoms with Crippen LogP contribution in [0.1, 0.15) is 10.4 Å². The van der Waals surface area contributed by atoms with Gasteiger partial charge in [-0.15, -0.1) is 0 Å². The highest BCUT2D eigenvalue weighted by atomic mass is 16.6. The van der Waals surface area contributed by atoms with Crippen molar-refractivity contribution in [3.8, 4) is 11.5 Å². The number of hydrogen-bond donors (Lipinski definition) is 0. The molecule has 0 fully saturated rings. The summed E-state index contributed by atoms with van der Waals surface area (Å²) in [6, 6.07) is 4.75. The Morgan fingerprint density at radius 2 is 1.84 bits per heavy atom. The molecule has 1 aromatic rings. The molecule has 0 aliphatic rings. The molecule has 0 atom stereocenters. The van der Waals surface area contributed by atoms with E-state index in [1.807, 2.05) is 0 Å². The van der Waals surface area contributed by atoms with Crippen LogP contribution in [0.15, 0.2) is 18.2 Å². The Bertz CT molecular complexity index is 470. The molecule has 104 valence electrons. The third-order valence-corrected chi connectivity index (χ3v) is 2.39. The summed E-state index contributed by atoms with van der Waals surface area (Å²) < 4.78 is 14.9. The van der Waals surface area contributed by atoms with Gasteiger partial charge < -0.3 is 19.1 Å². The largest absolute Gasteiger partial charge is 0.493 e. The van der Waals surface area contributed by atoms with Crippen LogP contribution in [-0.2, 0) is 9.53 Å². The molecule has 0 heterocycles. The number of rotatable bonds is 5. The first kappa shape index (κ1) is 14.8. The number of nitrogens with zero attached hydrogens (tertiary/aromatic N) is 1. The molecule has 0 saturated carbocycles. The van der Waals surface area contributed by atoms with Gasteiger partial charge in [-0.3, -0.25) is 4.79 Å². The number of amides is 1. The number of carbonyl (C=O) groups excluding carboxylic acids is 2. The van der Waals surface area contributed by atoms with E-state index in [1.165, 1.54) is 19.1 Å². The molecule has 0 unspecified atom stereocenters. The van der Waals surface area contributed by atoms with Gasteiger partial charge in [-0.1, -0.05) is 0 Å². The molecule has 0 N–H and O–H groups in total. The van der Waals surface area contributed by atoms with Crippen LogP contribution in [0, 0.1) is 0 Å². The Balaban J connectivity index is 2.90. The number of hydrogen-bond acceptors (Lipinski definition) is 5. The van der Waals surface area contributed by atoms with Crippen molar-refractivity contribution in [3.63, 3.8) is 0 Å². The van der Waals surface area contributed by atoms with Crippen molar-refractivity contribution in [1.29, 1.82) is 0 Å². The van der Waals surface area contributed by atoms with Crippen LogP contribution in [0.5, 0.6) is 11.5 Å². The molecule has 0 aliphatic carbocycles. The summed E-state index contributed by atoms with van der Waals surface area (Å²) in [6.45, 7) is -0.214. The topological polar surface area (TPSA) is 65.1 Å². The zero-order valence-electron chi connectivity index (χ0n) is 11.4. The highest BCUT2D eigenvalue weighted by Gasteiger charge is 2.13. The number of benzene rings is 1. The number of esters is 1. The summed E-state index contributed by atoms with van der Waals surface area (Å²) in [5.41, 5.74) is 0.479. The molecule has 0 aromatic heterocycles. The van der Waals surface area contributed by atoms with Gasteiger partial charge >= 0.3 is 5.97 Å². The molecule has 6 heteroatoms. The van der Waals surface area contributed by atoms with E-state index < -0.39 is 5.97 Å². The minimum atomic E-state index is -0.490. The summed E-state index contributed by atoms with van der Waals surface area (Å²) in [7, 11) is 6.07.